The number of hydrogen-bond donors (Lipinski definition) is 1. The summed E-state index contributed by atoms with van der Waals surface area (Å²) in [6.07, 6.45) is 0.445. The zero-order valence-electron chi connectivity index (χ0n) is 13.5. The third-order valence-electron chi connectivity index (χ3n) is 3.61. The second kappa shape index (κ2) is 7.29. The Hall–Kier alpha value is -2.04. The zero-order valence-corrected chi connectivity index (χ0v) is 13.5. The fraction of sp³-hybridized carbons (Fsp3) is 0.529. The van der Waals surface area contributed by atoms with Crippen molar-refractivity contribution in [2.45, 2.75) is 39.7 Å². The van der Waals surface area contributed by atoms with Crippen molar-refractivity contribution in [2.75, 3.05) is 18.0 Å². The summed E-state index contributed by atoms with van der Waals surface area (Å²) >= 11 is 0. The molecule has 1 N–H and O–H groups in total. The highest BCUT2D eigenvalue weighted by molar-refractivity contribution is 6.00. The van der Waals surface area contributed by atoms with Crippen LogP contribution in [0.4, 0.5) is 5.69 Å². The summed E-state index contributed by atoms with van der Waals surface area (Å²) in [7, 11) is 0. The highest BCUT2D eigenvalue weighted by Gasteiger charge is 2.32. The molecular formula is C17H24N2O3. The monoisotopic (exact) mass is 304 g/mol. The van der Waals surface area contributed by atoms with Crippen LogP contribution >= 0.6 is 0 Å². The highest BCUT2D eigenvalue weighted by Crippen LogP contribution is 2.34. The van der Waals surface area contributed by atoms with Gasteiger partial charge in [0, 0.05) is 19.5 Å². The van der Waals surface area contributed by atoms with Crippen molar-refractivity contribution < 1.29 is 14.3 Å². The standard InChI is InChI=1S/C17H24N2O3/c1-4-14-17(21)19(10-9-16(20)18-11-12(2)3)13-7-5-6-8-15(13)22-14/h5-8,12,14H,4,9-11H2,1-3H3,(H,18,20). The fourth-order valence-electron chi connectivity index (χ4n) is 2.38. The average molecular weight is 304 g/mol. The average Bonchev–Trinajstić information content (AvgIpc) is 2.51. The van der Waals surface area contributed by atoms with Gasteiger partial charge in [-0.3, -0.25) is 9.59 Å². The number of amides is 2. The van der Waals surface area contributed by atoms with Gasteiger partial charge in [0.2, 0.25) is 5.91 Å². The molecule has 1 aliphatic rings. The summed E-state index contributed by atoms with van der Waals surface area (Å²) in [6.45, 7) is 7.05. The molecule has 2 amide bonds. The Morgan fingerprint density at radius 2 is 2.09 bits per heavy atom. The number of carbonyl (C=O) groups is 2. The lowest BCUT2D eigenvalue weighted by Crippen LogP contribution is -2.47. The van der Waals surface area contributed by atoms with Crippen LogP contribution in [0.3, 0.4) is 0 Å². The minimum atomic E-state index is -0.464. The van der Waals surface area contributed by atoms with E-state index in [1.165, 1.54) is 0 Å². The number of nitrogens with zero attached hydrogens (tertiary/aromatic N) is 1. The van der Waals surface area contributed by atoms with Gasteiger partial charge in [-0.1, -0.05) is 32.9 Å². The highest BCUT2D eigenvalue weighted by atomic mass is 16.5. The quantitative estimate of drug-likeness (QED) is 0.877. The van der Waals surface area contributed by atoms with E-state index in [0.717, 1.165) is 5.69 Å². The van der Waals surface area contributed by atoms with Gasteiger partial charge in [-0.2, -0.15) is 0 Å². The van der Waals surface area contributed by atoms with Crippen molar-refractivity contribution in [3.63, 3.8) is 0 Å². The van der Waals surface area contributed by atoms with Gasteiger partial charge in [-0.05, 0) is 24.5 Å². The first-order valence-electron chi connectivity index (χ1n) is 7.86. The number of fused-ring (bicyclic) bond motifs is 1. The molecule has 1 heterocycles. The van der Waals surface area contributed by atoms with Crippen molar-refractivity contribution in [1.82, 2.24) is 5.32 Å². The molecule has 0 aromatic heterocycles. The first kappa shape index (κ1) is 16.3. The summed E-state index contributed by atoms with van der Waals surface area (Å²) in [4.78, 5) is 26.0. The van der Waals surface area contributed by atoms with Crippen LogP contribution in [-0.2, 0) is 9.59 Å². The summed E-state index contributed by atoms with van der Waals surface area (Å²) < 4.78 is 5.72. The smallest absolute Gasteiger partial charge is 0.268 e. The molecule has 0 aliphatic carbocycles. The van der Waals surface area contributed by atoms with E-state index >= 15 is 0 Å². The molecule has 1 aromatic carbocycles. The number of carbonyl (C=O) groups excluding carboxylic acids is 2. The molecule has 1 atom stereocenters. The Morgan fingerprint density at radius 3 is 2.77 bits per heavy atom. The first-order valence-corrected chi connectivity index (χ1v) is 7.86. The normalized spacial score (nSPS) is 17.2. The number of para-hydroxylation sites is 2. The van der Waals surface area contributed by atoms with E-state index in [1.54, 1.807) is 4.90 Å². The Labute approximate surface area is 131 Å². The number of ether oxygens (including phenoxy) is 1. The lowest BCUT2D eigenvalue weighted by Gasteiger charge is -2.34. The SMILES string of the molecule is CCC1Oc2ccccc2N(CCC(=O)NCC(C)C)C1=O. The maximum atomic E-state index is 12.5. The Bertz CT molecular complexity index is 542. The van der Waals surface area contributed by atoms with Crippen molar-refractivity contribution >= 4 is 17.5 Å². The van der Waals surface area contributed by atoms with Gasteiger partial charge in [-0.25, -0.2) is 0 Å². The van der Waals surface area contributed by atoms with E-state index in [-0.39, 0.29) is 11.8 Å². The maximum Gasteiger partial charge on any atom is 0.268 e. The van der Waals surface area contributed by atoms with Gasteiger partial charge in [0.15, 0.2) is 6.10 Å². The lowest BCUT2D eigenvalue weighted by molar-refractivity contribution is -0.126. The molecule has 0 bridgehead atoms. The van der Waals surface area contributed by atoms with E-state index in [9.17, 15) is 9.59 Å². The van der Waals surface area contributed by atoms with Crippen molar-refractivity contribution in [2.24, 2.45) is 5.92 Å². The Balaban J connectivity index is 2.05. The van der Waals surface area contributed by atoms with Crippen LogP contribution in [0, 0.1) is 5.92 Å². The van der Waals surface area contributed by atoms with Crippen molar-refractivity contribution in [1.29, 1.82) is 0 Å². The molecule has 120 valence electrons. The molecule has 0 saturated carbocycles. The minimum Gasteiger partial charge on any atom is -0.478 e. The molecule has 0 spiro atoms. The van der Waals surface area contributed by atoms with E-state index in [0.29, 0.717) is 37.6 Å². The molecule has 0 fully saturated rings. The van der Waals surface area contributed by atoms with E-state index in [2.05, 4.69) is 5.32 Å². The number of benzene rings is 1. The van der Waals surface area contributed by atoms with E-state index in [4.69, 9.17) is 4.74 Å². The molecule has 0 saturated heterocycles. The van der Waals surface area contributed by atoms with Gasteiger partial charge in [0.05, 0.1) is 5.69 Å². The number of anilines is 1. The second-order valence-corrected chi connectivity index (χ2v) is 5.92. The lowest BCUT2D eigenvalue weighted by atomic mass is 10.1. The van der Waals surface area contributed by atoms with Gasteiger partial charge >= 0.3 is 0 Å². The third kappa shape index (κ3) is 3.78. The van der Waals surface area contributed by atoms with Crippen molar-refractivity contribution in [3.8, 4) is 5.75 Å². The molecule has 1 aliphatic heterocycles. The van der Waals surface area contributed by atoms with Gasteiger partial charge in [-0.15, -0.1) is 0 Å². The van der Waals surface area contributed by atoms with Gasteiger partial charge < -0.3 is 15.0 Å². The summed E-state index contributed by atoms with van der Waals surface area (Å²) in [5.41, 5.74) is 0.744. The van der Waals surface area contributed by atoms with Crippen molar-refractivity contribution in [3.05, 3.63) is 24.3 Å². The van der Waals surface area contributed by atoms with Crippen LogP contribution in [0.1, 0.15) is 33.6 Å². The van der Waals surface area contributed by atoms with Gasteiger partial charge in [0.25, 0.3) is 5.91 Å². The van der Waals surface area contributed by atoms with E-state index in [1.807, 2.05) is 45.0 Å². The summed E-state index contributed by atoms with van der Waals surface area (Å²) in [6, 6.07) is 7.46. The molecule has 22 heavy (non-hydrogen) atoms. The molecule has 1 aromatic rings. The largest absolute Gasteiger partial charge is 0.478 e. The van der Waals surface area contributed by atoms with Gasteiger partial charge in [0.1, 0.15) is 5.75 Å². The Kier molecular flexibility index (Phi) is 5.41. The molecule has 5 nitrogen and oxygen atoms in total. The minimum absolute atomic E-state index is 0.0291. The van der Waals surface area contributed by atoms with Crippen LogP contribution in [0.2, 0.25) is 0 Å². The van der Waals surface area contributed by atoms with E-state index < -0.39 is 6.10 Å². The maximum absolute atomic E-state index is 12.5. The number of hydrogen-bond acceptors (Lipinski definition) is 3. The molecule has 5 heteroatoms. The van der Waals surface area contributed by atoms with Crippen LogP contribution in [0.5, 0.6) is 5.75 Å². The Morgan fingerprint density at radius 1 is 1.36 bits per heavy atom. The second-order valence-electron chi connectivity index (χ2n) is 5.92. The summed E-state index contributed by atoms with van der Waals surface area (Å²) in [5, 5.41) is 2.88. The fourth-order valence-corrected chi connectivity index (χ4v) is 2.38. The predicted octanol–water partition coefficient (Wildman–Crippen LogP) is 2.35. The summed E-state index contributed by atoms with van der Waals surface area (Å²) in [5.74, 6) is 1.02. The topological polar surface area (TPSA) is 58.6 Å². The molecule has 2 rings (SSSR count). The molecule has 0 radical (unpaired) electrons. The van der Waals surface area contributed by atoms with Crippen LogP contribution < -0.4 is 15.0 Å². The van der Waals surface area contributed by atoms with Crippen LogP contribution in [0.25, 0.3) is 0 Å². The molecular weight excluding hydrogens is 280 g/mol. The first-order chi connectivity index (χ1) is 10.5. The van der Waals surface area contributed by atoms with Crippen LogP contribution in [-0.4, -0.2) is 31.0 Å². The molecule has 1 unspecified atom stereocenters. The predicted molar refractivity (Wildman–Crippen MR) is 86.0 cm³/mol. The number of rotatable bonds is 6. The number of nitrogens with one attached hydrogen (secondary N) is 1. The third-order valence-corrected chi connectivity index (χ3v) is 3.61. The van der Waals surface area contributed by atoms with Crippen LogP contribution in [0.15, 0.2) is 24.3 Å². The zero-order chi connectivity index (χ0) is 16.1.